The van der Waals surface area contributed by atoms with Crippen LogP contribution in [-0.2, 0) is 17.9 Å². The molecule has 2 aliphatic heterocycles. The molecule has 5 nitrogen and oxygen atoms in total. The molecule has 2 aromatic heterocycles. The van der Waals surface area contributed by atoms with Crippen LogP contribution in [-0.4, -0.2) is 64.9 Å². The summed E-state index contributed by atoms with van der Waals surface area (Å²) in [6.45, 7) is 7.74. The Morgan fingerprint density at radius 3 is 2.33 bits per heavy atom. The van der Waals surface area contributed by atoms with Crippen molar-refractivity contribution in [1.29, 1.82) is 0 Å². The predicted octanol–water partition coefficient (Wildman–Crippen LogP) is 2.70. The monoisotopic (exact) mass is 384 g/mol. The first-order valence-electron chi connectivity index (χ1n) is 9.93. The molecule has 0 unspecified atom stereocenters. The first-order valence-corrected chi connectivity index (χ1v) is 10.8. The van der Waals surface area contributed by atoms with Crippen molar-refractivity contribution in [3.05, 3.63) is 52.5 Å². The first-order chi connectivity index (χ1) is 13.3. The summed E-state index contributed by atoms with van der Waals surface area (Å²) in [7, 11) is 0. The number of aromatic nitrogens is 1. The van der Waals surface area contributed by atoms with Crippen molar-refractivity contribution in [1.82, 2.24) is 19.7 Å². The lowest BCUT2D eigenvalue weighted by Crippen LogP contribution is -2.51. The highest BCUT2D eigenvalue weighted by Crippen LogP contribution is 2.22. The summed E-state index contributed by atoms with van der Waals surface area (Å²) < 4.78 is 0. The number of likely N-dealkylation sites (tertiary alicyclic amines) is 1. The van der Waals surface area contributed by atoms with Crippen molar-refractivity contribution in [2.75, 3.05) is 39.3 Å². The number of piperazine rings is 1. The maximum atomic E-state index is 12.9. The standard InChI is InChI=1S/C21H28N4OS/c26-21(25-13-11-24(12-14-25)17-20-2-1-15-27-20)19-5-9-23(10-6-19)16-18-3-7-22-8-4-18/h1-4,7-8,15,19H,5-6,9-14,16-17H2. The third-order valence-corrected chi connectivity index (χ3v) is 6.60. The number of carbonyl (C=O) groups excluding carboxylic acids is 1. The summed E-state index contributed by atoms with van der Waals surface area (Å²) in [5, 5.41) is 2.14. The number of rotatable bonds is 5. The van der Waals surface area contributed by atoms with Gasteiger partial charge in [-0.3, -0.25) is 19.6 Å². The molecule has 0 spiro atoms. The maximum Gasteiger partial charge on any atom is 0.225 e. The van der Waals surface area contributed by atoms with E-state index in [-0.39, 0.29) is 5.92 Å². The van der Waals surface area contributed by atoms with Gasteiger partial charge in [-0.05, 0) is 55.1 Å². The van der Waals surface area contributed by atoms with Crippen molar-refractivity contribution < 1.29 is 4.79 Å². The van der Waals surface area contributed by atoms with Crippen LogP contribution in [0.4, 0.5) is 0 Å². The lowest BCUT2D eigenvalue weighted by atomic mass is 9.94. The van der Waals surface area contributed by atoms with Crippen LogP contribution in [0.2, 0.25) is 0 Å². The van der Waals surface area contributed by atoms with Crippen LogP contribution in [0.5, 0.6) is 0 Å². The zero-order valence-electron chi connectivity index (χ0n) is 15.8. The van der Waals surface area contributed by atoms with Gasteiger partial charge >= 0.3 is 0 Å². The highest BCUT2D eigenvalue weighted by molar-refractivity contribution is 7.09. The van der Waals surface area contributed by atoms with Crippen LogP contribution in [0.15, 0.2) is 42.0 Å². The van der Waals surface area contributed by atoms with Crippen LogP contribution in [0.1, 0.15) is 23.3 Å². The molecule has 0 aliphatic carbocycles. The average Bonchev–Trinajstić information content (AvgIpc) is 3.22. The lowest BCUT2D eigenvalue weighted by molar-refractivity contribution is -0.139. The molecule has 1 amide bonds. The van der Waals surface area contributed by atoms with E-state index in [0.717, 1.165) is 65.2 Å². The van der Waals surface area contributed by atoms with Crippen LogP contribution in [0.25, 0.3) is 0 Å². The van der Waals surface area contributed by atoms with Gasteiger partial charge in [-0.15, -0.1) is 11.3 Å². The van der Waals surface area contributed by atoms with Gasteiger partial charge in [0.15, 0.2) is 0 Å². The fraction of sp³-hybridized carbons (Fsp3) is 0.524. The Morgan fingerprint density at radius 1 is 0.963 bits per heavy atom. The van der Waals surface area contributed by atoms with Crippen LogP contribution >= 0.6 is 11.3 Å². The Labute approximate surface area is 165 Å². The number of hydrogen-bond acceptors (Lipinski definition) is 5. The zero-order chi connectivity index (χ0) is 18.5. The Balaban J connectivity index is 1.20. The number of thiophene rings is 1. The molecule has 0 N–H and O–H groups in total. The minimum Gasteiger partial charge on any atom is -0.340 e. The molecule has 2 fully saturated rings. The second-order valence-corrected chi connectivity index (χ2v) is 8.62. The maximum absolute atomic E-state index is 12.9. The van der Waals surface area contributed by atoms with Gasteiger partial charge in [0.05, 0.1) is 0 Å². The number of amides is 1. The summed E-state index contributed by atoms with van der Waals surface area (Å²) in [5.74, 6) is 0.594. The molecular formula is C21H28N4OS. The molecule has 0 bridgehead atoms. The van der Waals surface area contributed by atoms with E-state index in [1.165, 1.54) is 10.4 Å². The number of pyridine rings is 1. The second-order valence-electron chi connectivity index (χ2n) is 7.59. The zero-order valence-corrected chi connectivity index (χ0v) is 16.6. The Hall–Kier alpha value is -1.76. The van der Waals surface area contributed by atoms with Gasteiger partial charge in [0.1, 0.15) is 0 Å². The van der Waals surface area contributed by atoms with E-state index in [0.29, 0.717) is 5.91 Å². The molecule has 144 valence electrons. The van der Waals surface area contributed by atoms with E-state index in [9.17, 15) is 4.79 Å². The molecule has 2 saturated heterocycles. The summed E-state index contributed by atoms with van der Waals surface area (Å²) >= 11 is 1.82. The summed E-state index contributed by atoms with van der Waals surface area (Å²) in [4.78, 5) is 25.4. The third-order valence-electron chi connectivity index (χ3n) is 5.74. The molecule has 6 heteroatoms. The predicted molar refractivity (Wildman–Crippen MR) is 108 cm³/mol. The van der Waals surface area contributed by atoms with Crippen molar-refractivity contribution in [2.24, 2.45) is 5.92 Å². The number of nitrogens with zero attached hydrogens (tertiary/aromatic N) is 4. The quantitative estimate of drug-likeness (QED) is 0.795. The molecule has 0 aromatic carbocycles. The van der Waals surface area contributed by atoms with Crippen LogP contribution in [0, 0.1) is 5.92 Å². The highest BCUT2D eigenvalue weighted by atomic mass is 32.1. The number of hydrogen-bond donors (Lipinski definition) is 0. The second kappa shape index (κ2) is 8.95. The van der Waals surface area contributed by atoms with Gasteiger partial charge in [-0.1, -0.05) is 6.07 Å². The molecule has 0 atom stereocenters. The summed E-state index contributed by atoms with van der Waals surface area (Å²) in [6.07, 6.45) is 5.67. The topological polar surface area (TPSA) is 39.7 Å². The van der Waals surface area contributed by atoms with E-state index in [1.807, 2.05) is 23.7 Å². The molecule has 2 aliphatic rings. The Kier molecular flexibility index (Phi) is 6.17. The Morgan fingerprint density at radius 2 is 1.67 bits per heavy atom. The summed E-state index contributed by atoms with van der Waals surface area (Å²) in [6, 6.07) is 8.46. The van der Waals surface area contributed by atoms with Crippen molar-refractivity contribution in [3.63, 3.8) is 0 Å². The minimum atomic E-state index is 0.211. The van der Waals surface area contributed by atoms with Crippen molar-refractivity contribution in [2.45, 2.75) is 25.9 Å². The molecule has 4 heterocycles. The van der Waals surface area contributed by atoms with Crippen LogP contribution in [0.3, 0.4) is 0 Å². The average molecular weight is 385 g/mol. The Bertz CT molecular complexity index is 705. The van der Waals surface area contributed by atoms with Gasteiger partial charge in [-0.25, -0.2) is 0 Å². The van der Waals surface area contributed by atoms with E-state index in [4.69, 9.17) is 0 Å². The number of piperidine rings is 1. The van der Waals surface area contributed by atoms with Crippen LogP contribution < -0.4 is 0 Å². The van der Waals surface area contributed by atoms with Crippen molar-refractivity contribution in [3.8, 4) is 0 Å². The largest absolute Gasteiger partial charge is 0.340 e. The molecule has 0 saturated carbocycles. The molecule has 27 heavy (non-hydrogen) atoms. The first kappa shape index (κ1) is 18.6. The SMILES string of the molecule is O=C(C1CCN(Cc2ccncc2)CC1)N1CCN(Cc2cccs2)CC1. The van der Waals surface area contributed by atoms with Gasteiger partial charge < -0.3 is 4.90 Å². The van der Waals surface area contributed by atoms with Gasteiger partial charge in [0, 0.05) is 62.5 Å². The van der Waals surface area contributed by atoms with E-state index < -0.39 is 0 Å². The molecule has 2 aromatic rings. The fourth-order valence-electron chi connectivity index (χ4n) is 4.09. The molecule has 0 radical (unpaired) electrons. The van der Waals surface area contributed by atoms with Gasteiger partial charge in [0.2, 0.25) is 5.91 Å². The highest BCUT2D eigenvalue weighted by Gasteiger charge is 2.30. The van der Waals surface area contributed by atoms with E-state index >= 15 is 0 Å². The minimum absolute atomic E-state index is 0.211. The lowest BCUT2D eigenvalue weighted by Gasteiger charge is -2.38. The fourth-order valence-corrected chi connectivity index (χ4v) is 4.84. The summed E-state index contributed by atoms with van der Waals surface area (Å²) in [5.41, 5.74) is 1.30. The van der Waals surface area contributed by atoms with E-state index in [2.05, 4.69) is 49.3 Å². The van der Waals surface area contributed by atoms with Crippen molar-refractivity contribution >= 4 is 17.2 Å². The number of carbonyl (C=O) groups is 1. The molecule has 4 rings (SSSR count). The van der Waals surface area contributed by atoms with Gasteiger partial charge in [0.25, 0.3) is 0 Å². The normalized spacial score (nSPS) is 20.1. The molecular weight excluding hydrogens is 356 g/mol. The smallest absolute Gasteiger partial charge is 0.225 e. The third kappa shape index (κ3) is 4.94. The van der Waals surface area contributed by atoms with E-state index in [1.54, 1.807) is 0 Å². The van der Waals surface area contributed by atoms with Gasteiger partial charge in [-0.2, -0.15) is 0 Å².